The highest BCUT2D eigenvalue weighted by Crippen LogP contribution is 2.62. The van der Waals surface area contributed by atoms with Gasteiger partial charge in [-0.25, -0.2) is 0 Å². The molecule has 4 rings (SSSR count). The molecule has 1 aromatic carbocycles. The number of ether oxygens (including phenoxy) is 4. The molecule has 0 amide bonds. The molecular weight excluding hydrogens is 360 g/mol. The maximum atomic E-state index is 13.2. The van der Waals surface area contributed by atoms with E-state index < -0.39 is 23.4 Å². The highest BCUT2D eigenvalue weighted by atomic mass is 16.7. The standard InChI is InChI=1S/C22H24O6/c1-5-8-22-10-17(25-4)20(24)19(21(22)28-13(3)23)18(12(22)2)14-6-7-15-16(9-14)27-11-26-15/h5-7,9-10,12,18-19,21H,1,8,11H2,2-4H3/t12-,18+,19-,21-,22-/m0/s1. The predicted octanol–water partition coefficient (Wildman–Crippen LogP) is 3.37. The van der Waals surface area contributed by atoms with Gasteiger partial charge in [-0.1, -0.05) is 19.1 Å². The minimum atomic E-state index is -0.570. The first-order chi connectivity index (χ1) is 13.4. The molecule has 1 heterocycles. The lowest BCUT2D eigenvalue weighted by atomic mass is 9.70. The van der Waals surface area contributed by atoms with Crippen LogP contribution in [0.4, 0.5) is 0 Å². The van der Waals surface area contributed by atoms with E-state index in [1.165, 1.54) is 14.0 Å². The van der Waals surface area contributed by atoms with Gasteiger partial charge in [0, 0.05) is 18.3 Å². The maximum absolute atomic E-state index is 13.2. The van der Waals surface area contributed by atoms with E-state index in [4.69, 9.17) is 18.9 Å². The number of carbonyl (C=O) groups excluding carboxylic acids is 2. The molecule has 1 aromatic rings. The zero-order valence-corrected chi connectivity index (χ0v) is 16.3. The number of ketones is 1. The summed E-state index contributed by atoms with van der Waals surface area (Å²) >= 11 is 0. The molecule has 148 valence electrons. The molecule has 1 fully saturated rings. The number of carbonyl (C=O) groups is 2. The van der Waals surface area contributed by atoms with Gasteiger partial charge in [-0.3, -0.25) is 9.59 Å². The fourth-order valence-corrected chi connectivity index (χ4v) is 5.17. The molecule has 2 bridgehead atoms. The van der Waals surface area contributed by atoms with Crippen LogP contribution in [0.1, 0.15) is 31.7 Å². The summed E-state index contributed by atoms with van der Waals surface area (Å²) in [4.78, 5) is 25.1. The number of Topliss-reactive ketones (excluding diaryl/α,β-unsaturated/α-hetero) is 1. The van der Waals surface area contributed by atoms with Crippen LogP contribution in [0.5, 0.6) is 11.5 Å². The molecule has 1 aliphatic heterocycles. The van der Waals surface area contributed by atoms with Crippen LogP contribution in [0.15, 0.2) is 42.7 Å². The molecule has 1 saturated carbocycles. The number of benzene rings is 1. The van der Waals surface area contributed by atoms with Crippen molar-refractivity contribution in [2.75, 3.05) is 13.9 Å². The average Bonchev–Trinajstić information content (AvgIpc) is 3.19. The van der Waals surface area contributed by atoms with Crippen LogP contribution in [0.25, 0.3) is 0 Å². The quantitative estimate of drug-likeness (QED) is 0.573. The monoisotopic (exact) mass is 384 g/mol. The Morgan fingerprint density at radius 2 is 2.07 bits per heavy atom. The van der Waals surface area contributed by atoms with E-state index in [1.807, 2.05) is 30.4 Å². The lowest BCUT2D eigenvalue weighted by molar-refractivity contribution is -0.156. The van der Waals surface area contributed by atoms with Crippen molar-refractivity contribution in [1.82, 2.24) is 0 Å². The van der Waals surface area contributed by atoms with Crippen LogP contribution in [0.2, 0.25) is 0 Å². The zero-order valence-electron chi connectivity index (χ0n) is 16.3. The van der Waals surface area contributed by atoms with Gasteiger partial charge in [-0.2, -0.15) is 0 Å². The number of rotatable bonds is 5. The maximum Gasteiger partial charge on any atom is 0.302 e. The predicted molar refractivity (Wildman–Crippen MR) is 101 cm³/mol. The summed E-state index contributed by atoms with van der Waals surface area (Å²) in [6.07, 6.45) is 3.66. The Kier molecular flexibility index (Phi) is 4.44. The smallest absolute Gasteiger partial charge is 0.302 e. The van der Waals surface area contributed by atoms with Gasteiger partial charge in [0.05, 0.1) is 13.0 Å². The topological polar surface area (TPSA) is 71.1 Å². The van der Waals surface area contributed by atoms with Gasteiger partial charge in [0.2, 0.25) is 12.6 Å². The first-order valence-electron chi connectivity index (χ1n) is 9.41. The highest BCUT2D eigenvalue weighted by Gasteiger charge is 2.64. The summed E-state index contributed by atoms with van der Waals surface area (Å²) in [7, 11) is 1.50. The molecule has 0 N–H and O–H groups in total. The highest BCUT2D eigenvalue weighted by molar-refractivity contribution is 5.99. The van der Waals surface area contributed by atoms with E-state index in [2.05, 4.69) is 13.5 Å². The molecule has 5 atom stereocenters. The Morgan fingerprint density at radius 1 is 1.32 bits per heavy atom. The summed E-state index contributed by atoms with van der Waals surface area (Å²) in [6, 6.07) is 5.75. The fraction of sp³-hybridized carbons (Fsp3) is 0.455. The van der Waals surface area contributed by atoms with Gasteiger partial charge in [0.15, 0.2) is 17.3 Å². The zero-order chi connectivity index (χ0) is 20.1. The van der Waals surface area contributed by atoms with Crippen LogP contribution in [-0.2, 0) is 19.1 Å². The average molecular weight is 384 g/mol. The lowest BCUT2D eigenvalue weighted by Gasteiger charge is -2.38. The Morgan fingerprint density at radius 3 is 2.75 bits per heavy atom. The van der Waals surface area contributed by atoms with Crippen molar-refractivity contribution in [3.63, 3.8) is 0 Å². The number of allylic oxidation sites excluding steroid dienone is 2. The third kappa shape index (κ3) is 2.54. The minimum Gasteiger partial charge on any atom is -0.493 e. The molecule has 0 saturated heterocycles. The molecule has 0 unspecified atom stereocenters. The lowest BCUT2D eigenvalue weighted by Crippen LogP contribution is -2.44. The summed E-state index contributed by atoms with van der Waals surface area (Å²) in [5.74, 6) is 0.470. The molecule has 28 heavy (non-hydrogen) atoms. The van der Waals surface area contributed by atoms with Crippen molar-refractivity contribution in [3.05, 3.63) is 48.3 Å². The summed E-state index contributed by atoms with van der Waals surface area (Å²) in [6.45, 7) is 7.56. The Labute approximate surface area is 164 Å². The molecule has 0 spiro atoms. The number of hydrogen-bond acceptors (Lipinski definition) is 6. The number of hydrogen-bond donors (Lipinski definition) is 0. The molecule has 2 aliphatic carbocycles. The van der Waals surface area contributed by atoms with E-state index in [0.29, 0.717) is 23.7 Å². The van der Waals surface area contributed by atoms with Gasteiger partial charge in [0.25, 0.3) is 0 Å². The summed E-state index contributed by atoms with van der Waals surface area (Å²) in [5, 5.41) is 0. The van der Waals surface area contributed by atoms with Crippen LogP contribution in [0, 0.1) is 17.3 Å². The largest absolute Gasteiger partial charge is 0.493 e. The van der Waals surface area contributed by atoms with E-state index in [0.717, 1.165) is 5.56 Å². The molecule has 3 aliphatic rings. The number of fused-ring (bicyclic) bond motifs is 3. The molecule has 0 aromatic heterocycles. The Bertz CT molecular complexity index is 872. The second-order valence-corrected chi connectivity index (χ2v) is 7.67. The first kappa shape index (κ1) is 18.6. The second-order valence-electron chi connectivity index (χ2n) is 7.67. The van der Waals surface area contributed by atoms with Crippen LogP contribution in [-0.4, -0.2) is 31.8 Å². The van der Waals surface area contributed by atoms with Crippen LogP contribution >= 0.6 is 0 Å². The summed E-state index contributed by atoms with van der Waals surface area (Å²) in [5.41, 5.74) is 0.405. The van der Waals surface area contributed by atoms with Crippen LogP contribution in [0.3, 0.4) is 0 Å². The Hall–Kier alpha value is -2.76. The van der Waals surface area contributed by atoms with Gasteiger partial charge in [-0.05, 0) is 36.1 Å². The third-order valence-corrected chi connectivity index (χ3v) is 6.37. The van der Waals surface area contributed by atoms with Gasteiger partial charge >= 0.3 is 5.97 Å². The van der Waals surface area contributed by atoms with Crippen molar-refractivity contribution in [3.8, 4) is 11.5 Å². The van der Waals surface area contributed by atoms with Crippen molar-refractivity contribution < 1.29 is 28.5 Å². The second kappa shape index (κ2) is 6.69. The number of methoxy groups -OCH3 is 1. The number of esters is 1. The third-order valence-electron chi connectivity index (χ3n) is 6.37. The molecule has 6 nitrogen and oxygen atoms in total. The van der Waals surface area contributed by atoms with Gasteiger partial charge in [0.1, 0.15) is 6.10 Å². The van der Waals surface area contributed by atoms with E-state index in [-0.39, 0.29) is 24.4 Å². The SMILES string of the molecule is C=CC[C@]12C=C(OC)C(=O)[C@H]([C@@H](c3ccc4c(c3)OCO4)[C@@H]1C)[C@@H]2OC(C)=O. The van der Waals surface area contributed by atoms with E-state index in [1.54, 1.807) is 0 Å². The Balaban J connectivity index is 1.86. The van der Waals surface area contributed by atoms with E-state index >= 15 is 0 Å². The van der Waals surface area contributed by atoms with Crippen molar-refractivity contribution >= 4 is 11.8 Å². The van der Waals surface area contributed by atoms with Crippen molar-refractivity contribution in [2.45, 2.75) is 32.3 Å². The van der Waals surface area contributed by atoms with E-state index in [9.17, 15) is 9.59 Å². The first-order valence-corrected chi connectivity index (χ1v) is 9.41. The van der Waals surface area contributed by atoms with Crippen LogP contribution < -0.4 is 9.47 Å². The van der Waals surface area contributed by atoms with Crippen molar-refractivity contribution in [1.29, 1.82) is 0 Å². The molecular formula is C22H24O6. The van der Waals surface area contributed by atoms with Gasteiger partial charge in [-0.15, -0.1) is 6.58 Å². The summed E-state index contributed by atoms with van der Waals surface area (Å²) < 4.78 is 22.1. The minimum absolute atomic E-state index is 0.0109. The van der Waals surface area contributed by atoms with Gasteiger partial charge < -0.3 is 18.9 Å². The normalized spacial score (nSPS) is 32.7. The molecule has 0 radical (unpaired) electrons. The molecule has 6 heteroatoms. The fourth-order valence-electron chi connectivity index (χ4n) is 5.17. The van der Waals surface area contributed by atoms with Crippen molar-refractivity contribution in [2.24, 2.45) is 17.3 Å².